The summed E-state index contributed by atoms with van der Waals surface area (Å²) < 4.78 is 5.71. The van der Waals surface area contributed by atoms with Crippen molar-refractivity contribution in [2.75, 3.05) is 25.2 Å². The zero-order valence-electron chi connectivity index (χ0n) is 14.6. The number of nitrogens with zero attached hydrogens (tertiary/aromatic N) is 1. The number of ether oxygens (including phenoxy) is 1. The minimum Gasteiger partial charge on any atom is -0.497 e. The Morgan fingerprint density at radius 3 is 2.28 bits per heavy atom. The predicted molar refractivity (Wildman–Crippen MR) is 108 cm³/mol. The summed E-state index contributed by atoms with van der Waals surface area (Å²) in [4.78, 5) is 14.7. The fourth-order valence-electron chi connectivity index (χ4n) is 2.79. The van der Waals surface area contributed by atoms with Crippen molar-refractivity contribution < 1.29 is 9.53 Å². The van der Waals surface area contributed by atoms with Gasteiger partial charge in [0.25, 0.3) is 5.91 Å². The van der Waals surface area contributed by atoms with E-state index in [0.717, 1.165) is 16.9 Å². The predicted octanol–water partition coefficient (Wildman–Crippen LogP) is 4.84. The molecule has 0 saturated carbocycles. The van der Waals surface area contributed by atoms with Gasteiger partial charge in [0.05, 0.1) is 11.7 Å². The van der Waals surface area contributed by atoms with E-state index in [-0.39, 0.29) is 5.91 Å². The molecule has 0 radical (unpaired) electrons. The highest BCUT2D eigenvalue weighted by atomic mass is 32.2. The van der Waals surface area contributed by atoms with E-state index in [1.54, 1.807) is 7.11 Å². The summed E-state index contributed by atoms with van der Waals surface area (Å²) in [5.74, 6) is 3.33. The van der Waals surface area contributed by atoms with Gasteiger partial charge in [-0.2, -0.15) is 0 Å². The Morgan fingerprint density at radius 1 is 1.08 bits per heavy atom. The highest BCUT2D eigenvalue weighted by molar-refractivity contribution is 8.19. The zero-order valence-corrected chi connectivity index (χ0v) is 16.2. The monoisotopic (exact) mass is 373 g/mol. The van der Waals surface area contributed by atoms with E-state index in [2.05, 4.69) is 12.1 Å². The van der Waals surface area contributed by atoms with Gasteiger partial charge < -0.3 is 9.64 Å². The molecule has 1 aliphatic rings. The van der Waals surface area contributed by atoms with E-state index in [1.165, 1.54) is 17.1 Å². The van der Waals surface area contributed by atoms with Gasteiger partial charge in [-0.3, -0.25) is 4.79 Å². The van der Waals surface area contributed by atoms with Crippen LogP contribution >= 0.6 is 23.5 Å². The van der Waals surface area contributed by atoms with Gasteiger partial charge in [-0.15, -0.1) is 23.5 Å². The van der Waals surface area contributed by atoms with Gasteiger partial charge in [-0.05, 0) is 42.3 Å². The molecule has 2 aromatic rings. The largest absolute Gasteiger partial charge is 0.497 e. The number of thioether (sulfide) groups is 2. The number of amides is 1. The summed E-state index contributed by atoms with van der Waals surface area (Å²) in [6, 6.07) is 16.0. The fraction of sp³-hybridized carbons (Fsp3) is 0.350. The van der Waals surface area contributed by atoms with Gasteiger partial charge in [0.2, 0.25) is 0 Å². The molecule has 0 atom stereocenters. The van der Waals surface area contributed by atoms with Crippen molar-refractivity contribution in [2.24, 2.45) is 0 Å². The molecule has 0 bridgehead atoms. The maximum atomic E-state index is 12.8. The number of methoxy groups -OCH3 is 1. The van der Waals surface area contributed by atoms with Crippen LogP contribution in [0, 0.1) is 0 Å². The van der Waals surface area contributed by atoms with Crippen LogP contribution in [0.2, 0.25) is 0 Å². The van der Waals surface area contributed by atoms with Gasteiger partial charge in [0.15, 0.2) is 0 Å². The standard InChI is InChI=1S/C20H23NO2S2/c1-3-21(14-15-4-10-18(23-2)11-5-15)19(22)16-6-8-17(9-7-16)20-24-12-13-25-20/h4-11,20H,3,12-14H2,1-2H3. The Hall–Kier alpha value is -1.59. The summed E-state index contributed by atoms with van der Waals surface area (Å²) in [5.41, 5.74) is 3.17. The second-order valence-electron chi connectivity index (χ2n) is 5.86. The molecule has 25 heavy (non-hydrogen) atoms. The lowest BCUT2D eigenvalue weighted by Gasteiger charge is -2.21. The van der Waals surface area contributed by atoms with Crippen molar-refractivity contribution in [2.45, 2.75) is 18.1 Å². The lowest BCUT2D eigenvalue weighted by atomic mass is 10.1. The fourth-order valence-corrected chi connectivity index (χ4v) is 5.65. The third kappa shape index (κ3) is 4.53. The second kappa shape index (κ2) is 8.68. The van der Waals surface area contributed by atoms with E-state index < -0.39 is 0 Å². The van der Waals surface area contributed by atoms with Crippen LogP contribution in [0.25, 0.3) is 0 Å². The van der Waals surface area contributed by atoms with Crippen LogP contribution in [0.3, 0.4) is 0 Å². The van der Waals surface area contributed by atoms with Crippen LogP contribution in [-0.2, 0) is 6.54 Å². The molecule has 5 heteroatoms. The summed E-state index contributed by atoms with van der Waals surface area (Å²) in [6.07, 6.45) is 0. The molecule has 0 aliphatic carbocycles. The first-order chi connectivity index (χ1) is 12.2. The second-order valence-corrected chi connectivity index (χ2v) is 8.59. The van der Waals surface area contributed by atoms with Gasteiger partial charge in [0.1, 0.15) is 5.75 Å². The molecule has 1 heterocycles. The van der Waals surface area contributed by atoms with Crippen LogP contribution in [0.1, 0.15) is 33.0 Å². The molecule has 132 valence electrons. The molecule has 1 fully saturated rings. The Labute approximate surface area is 158 Å². The molecule has 0 spiro atoms. The van der Waals surface area contributed by atoms with E-state index >= 15 is 0 Å². The van der Waals surface area contributed by atoms with E-state index in [0.29, 0.717) is 17.7 Å². The molecule has 1 aliphatic heterocycles. The molecule has 1 saturated heterocycles. The number of carbonyl (C=O) groups is 1. The number of benzene rings is 2. The third-order valence-corrected chi connectivity index (χ3v) is 7.36. The minimum absolute atomic E-state index is 0.0802. The average Bonchev–Trinajstić information content (AvgIpc) is 3.21. The maximum absolute atomic E-state index is 12.8. The Kier molecular flexibility index (Phi) is 6.32. The number of hydrogen-bond donors (Lipinski definition) is 0. The maximum Gasteiger partial charge on any atom is 0.254 e. The Bertz CT molecular complexity index is 695. The molecular weight excluding hydrogens is 350 g/mol. The molecule has 0 N–H and O–H groups in total. The summed E-state index contributed by atoms with van der Waals surface area (Å²) in [7, 11) is 1.66. The first-order valence-corrected chi connectivity index (χ1v) is 10.6. The number of carbonyl (C=O) groups excluding carboxylic acids is 1. The van der Waals surface area contributed by atoms with Crippen molar-refractivity contribution >= 4 is 29.4 Å². The van der Waals surface area contributed by atoms with Crippen molar-refractivity contribution in [3.8, 4) is 5.75 Å². The Morgan fingerprint density at radius 2 is 1.72 bits per heavy atom. The smallest absolute Gasteiger partial charge is 0.254 e. The topological polar surface area (TPSA) is 29.5 Å². The lowest BCUT2D eigenvalue weighted by molar-refractivity contribution is 0.0752. The summed E-state index contributed by atoms with van der Waals surface area (Å²) in [5, 5.41) is 0. The van der Waals surface area contributed by atoms with E-state index in [4.69, 9.17) is 4.74 Å². The highest BCUT2D eigenvalue weighted by Gasteiger charge is 2.19. The lowest BCUT2D eigenvalue weighted by Crippen LogP contribution is -2.30. The average molecular weight is 374 g/mol. The number of hydrogen-bond acceptors (Lipinski definition) is 4. The quantitative estimate of drug-likeness (QED) is 0.725. The number of rotatable bonds is 6. The highest BCUT2D eigenvalue weighted by Crippen LogP contribution is 2.45. The molecule has 3 rings (SSSR count). The van der Waals surface area contributed by atoms with Gasteiger partial charge in [-0.25, -0.2) is 0 Å². The first-order valence-electron chi connectivity index (χ1n) is 8.46. The SMILES string of the molecule is CCN(Cc1ccc(OC)cc1)C(=O)c1ccc(C2SCCS2)cc1. The van der Waals surface area contributed by atoms with Crippen molar-refractivity contribution in [3.05, 3.63) is 65.2 Å². The van der Waals surface area contributed by atoms with Gasteiger partial charge in [0, 0.05) is 30.2 Å². The minimum atomic E-state index is 0.0802. The molecule has 0 unspecified atom stereocenters. The zero-order chi connectivity index (χ0) is 17.6. The normalized spacial score (nSPS) is 14.5. The summed E-state index contributed by atoms with van der Waals surface area (Å²) >= 11 is 3.97. The van der Waals surface area contributed by atoms with Crippen LogP contribution in [0.4, 0.5) is 0 Å². The molecule has 1 amide bonds. The molecule has 3 nitrogen and oxygen atoms in total. The van der Waals surface area contributed by atoms with E-state index in [9.17, 15) is 4.79 Å². The first kappa shape index (κ1) is 18.2. The Balaban J connectivity index is 1.68. The van der Waals surface area contributed by atoms with Crippen LogP contribution in [-0.4, -0.2) is 36.0 Å². The van der Waals surface area contributed by atoms with Crippen molar-refractivity contribution in [1.82, 2.24) is 4.90 Å². The third-order valence-electron chi connectivity index (χ3n) is 4.25. The molecular formula is C20H23NO2S2. The van der Waals surface area contributed by atoms with Gasteiger partial charge in [-0.1, -0.05) is 24.3 Å². The van der Waals surface area contributed by atoms with Crippen LogP contribution < -0.4 is 4.74 Å². The summed E-state index contributed by atoms with van der Waals surface area (Å²) in [6.45, 7) is 3.30. The van der Waals surface area contributed by atoms with Gasteiger partial charge >= 0.3 is 0 Å². The van der Waals surface area contributed by atoms with Crippen LogP contribution in [0.5, 0.6) is 5.75 Å². The van der Waals surface area contributed by atoms with Crippen molar-refractivity contribution in [1.29, 1.82) is 0 Å². The van der Waals surface area contributed by atoms with Crippen LogP contribution in [0.15, 0.2) is 48.5 Å². The molecule has 2 aromatic carbocycles. The van der Waals surface area contributed by atoms with E-state index in [1.807, 2.05) is 71.7 Å². The van der Waals surface area contributed by atoms with Crippen molar-refractivity contribution in [3.63, 3.8) is 0 Å². The molecule has 0 aromatic heterocycles.